The van der Waals surface area contributed by atoms with Crippen molar-refractivity contribution in [3.8, 4) is 0 Å². The smallest absolute Gasteiger partial charge is 0.159 e. The molecule has 1 aromatic heterocycles. The van der Waals surface area contributed by atoms with E-state index in [1.54, 1.807) is 18.3 Å². The van der Waals surface area contributed by atoms with Crippen LogP contribution >= 0.6 is 11.3 Å². The lowest BCUT2D eigenvalue weighted by Crippen LogP contribution is -2.19. The average molecular weight is 258 g/mol. The Morgan fingerprint density at radius 3 is 3.11 bits per heavy atom. The van der Waals surface area contributed by atoms with Gasteiger partial charge in [0.15, 0.2) is 5.78 Å². The molecule has 1 aliphatic rings. The van der Waals surface area contributed by atoms with Gasteiger partial charge in [-0.1, -0.05) is 0 Å². The van der Waals surface area contributed by atoms with Crippen molar-refractivity contribution in [1.82, 2.24) is 4.98 Å². The number of benzene rings is 1. The fraction of sp³-hybridized carbons (Fsp3) is 0.286. The van der Waals surface area contributed by atoms with Crippen molar-refractivity contribution < 1.29 is 4.79 Å². The minimum atomic E-state index is 0.135. The van der Waals surface area contributed by atoms with Gasteiger partial charge in [-0.2, -0.15) is 0 Å². The lowest BCUT2D eigenvalue weighted by Gasteiger charge is -2.18. The van der Waals surface area contributed by atoms with Gasteiger partial charge in [-0.15, -0.1) is 11.3 Å². The summed E-state index contributed by atoms with van der Waals surface area (Å²) in [6.45, 7) is 3.48. The number of Topliss-reactive ketones (excluding diaryl/α,β-unsaturated/α-hetero) is 1. The van der Waals surface area contributed by atoms with E-state index < -0.39 is 0 Å². The molecule has 2 aromatic rings. The van der Waals surface area contributed by atoms with E-state index in [0.717, 1.165) is 30.8 Å². The summed E-state index contributed by atoms with van der Waals surface area (Å²) < 4.78 is 0. The Kier molecular flexibility index (Phi) is 2.88. The van der Waals surface area contributed by atoms with Gasteiger partial charge < -0.3 is 4.90 Å². The van der Waals surface area contributed by atoms with Gasteiger partial charge in [0.1, 0.15) is 0 Å². The first-order valence-corrected chi connectivity index (χ1v) is 6.94. The Labute approximate surface area is 110 Å². The Bertz CT molecular complexity index is 577. The fourth-order valence-corrected chi connectivity index (χ4v) is 2.91. The molecule has 0 spiro atoms. The van der Waals surface area contributed by atoms with Gasteiger partial charge in [0.25, 0.3) is 0 Å². The molecule has 0 N–H and O–H groups in total. The van der Waals surface area contributed by atoms with E-state index in [1.807, 2.05) is 17.6 Å². The average Bonchev–Trinajstić information content (AvgIpc) is 2.99. The van der Waals surface area contributed by atoms with Gasteiger partial charge in [-0.05, 0) is 37.1 Å². The lowest BCUT2D eigenvalue weighted by molar-refractivity contribution is 0.101. The maximum absolute atomic E-state index is 11.4. The molecule has 2 heterocycles. The van der Waals surface area contributed by atoms with Crippen LogP contribution in [-0.2, 0) is 13.0 Å². The van der Waals surface area contributed by atoms with E-state index in [1.165, 1.54) is 11.3 Å². The zero-order valence-electron chi connectivity index (χ0n) is 10.2. The van der Waals surface area contributed by atoms with Crippen molar-refractivity contribution in [1.29, 1.82) is 0 Å². The highest BCUT2D eigenvalue weighted by Crippen LogP contribution is 2.30. The van der Waals surface area contributed by atoms with Crippen LogP contribution in [-0.4, -0.2) is 17.3 Å². The van der Waals surface area contributed by atoms with Crippen molar-refractivity contribution >= 4 is 22.8 Å². The number of nitrogens with zero attached hydrogens (tertiary/aromatic N) is 2. The highest BCUT2D eigenvalue weighted by Gasteiger charge is 2.20. The van der Waals surface area contributed by atoms with E-state index in [2.05, 4.69) is 21.3 Å². The number of aromatic nitrogens is 1. The summed E-state index contributed by atoms with van der Waals surface area (Å²) in [4.78, 5) is 18.0. The maximum Gasteiger partial charge on any atom is 0.159 e. The van der Waals surface area contributed by atoms with Crippen molar-refractivity contribution in [2.75, 3.05) is 11.4 Å². The molecule has 3 nitrogen and oxygen atoms in total. The number of carbonyl (C=O) groups is 1. The van der Waals surface area contributed by atoms with Crippen molar-refractivity contribution in [3.05, 3.63) is 45.9 Å². The van der Waals surface area contributed by atoms with Crippen LogP contribution in [0.5, 0.6) is 0 Å². The Morgan fingerprint density at radius 1 is 1.50 bits per heavy atom. The number of thiazole rings is 1. The number of anilines is 1. The summed E-state index contributed by atoms with van der Waals surface area (Å²) in [7, 11) is 0. The first-order valence-electron chi connectivity index (χ1n) is 6.00. The van der Waals surface area contributed by atoms with Crippen molar-refractivity contribution in [2.24, 2.45) is 0 Å². The first-order chi connectivity index (χ1) is 8.74. The van der Waals surface area contributed by atoms with Crippen LogP contribution in [0.1, 0.15) is 28.5 Å². The summed E-state index contributed by atoms with van der Waals surface area (Å²) in [6.07, 6.45) is 1.01. The van der Waals surface area contributed by atoms with E-state index in [-0.39, 0.29) is 5.78 Å². The number of rotatable bonds is 3. The van der Waals surface area contributed by atoms with Gasteiger partial charge >= 0.3 is 0 Å². The molecule has 0 atom stereocenters. The second kappa shape index (κ2) is 4.53. The SMILES string of the molecule is CC(=O)c1ccc2c(c1)CCN2Cc1cscn1. The normalized spacial score (nSPS) is 13.7. The summed E-state index contributed by atoms with van der Waals surface area (Å²) in [5, 5.41) is 2.09. The summed E-state index contributed by atoms with van der Waals surface area (Å²) in [5.41, 5.74) is 6.31. The molecule has 1 aliphatic heterocycles. The maximum atomic E-state index is 11.4. The minimum Gasteiger partial charge on any atom is -0.365 e. The molecule has 0 aliphatic carbocycles. The number of ketones is 1. The molecular weight excluding hydrogens is 244 g/mol. The molecule has 18 heavy (non-hydrogen) atoms. The fourth-order valence-electron chi connectivity index (χ4n) is 2.36. The third-order valence-electron chi connectivity index (χ3n) is 3.31. The van der Waals surface area contributed by atoms with Crippen LogP contribution in [0.25, 0.3) is 0 Å². The van der Waals surface area contributed by atoms with Crippen LogP contribution < -0.4 is 4.90 Å². The van der Waals surface area contributed by atoms with Crippen LogP contribution in [0.4, 0.5) is 5.69 Å². The summed E-state index contributed by atoms with van der Waals surface area (Å²) in [6, 6.07) is 6.00. The van der Waals surface area contributed by atoms with Gasteiger partial charge in [0, 0.05) is 23.2 Å². The third kappa shape index (κ3) is 2.04. The number of carbonyl (C=O) groups excluding carboxylic acids is 1. The van der Waals surface area contributed by atoms with E-state index >= 15 is 0 Å². The van der Waals surface area contributed by atoms with Crippen LogP contribution in [0, 0.1) is 0 Å². The minimum absolute atomic E-state index is 0.135. The molecule has 92 valence electrons. The van der Waals surface area contributed by atoms with E-state index in [0.29, 0.717) is 0 Å². The highest BCUT2D eigenvalue weighted by atomic mass is 32.1. The Balaban J connectivity index is 1.86. The zero-order chi connectivity index (χ0) is 12.5. The molecule has 4 heteroatoms. The van der Waals surface area contributed by atoms with Crippen molar-refractivity contribution in [3.63, 3.8) is 0 Å². The van der Waals surface area contributed by atoms with Gasteiger partial charge in [0.05, 0.1) is 17.7 Å². The Morgan fingerprint density at radius 2 is 2.39 bits per heavy atom. The first kappa shape index (κ1) is 11.4. The topological polar surface area (TPSA) is 33.2 Å². The van der Waals surface area contributed by atoms with E-state index in [9.17, 15) is 4.79 Å². The number of hydrogen-bond acceptors (Lipinski definition) is 4. The zero-order valence-corrected chi connectivity index (χ0v) is 11.0. The van der Waals surface area contributed by atoms with E-state index in [4.69, 9.17) is 0 Å². The number of fused-ring (bicyclic) bond motifs is 1. The second-order valence-electron chi connectivity index (χ2n) is 4.55. The molecule has 0 saturated carbocycles. The lowest BCUT2D eigenvalue weighted by atomic mass is 10.1. The van der Waals surface area contributed by atoms with Crippen LogP contribution in [0.2, 0.25) is 0 Å². The predicted octanol–water partition coefficient (Wildman–Crippen LogP) is 2.91. The summed E-state index contributed by atoms with van der Waals surface area (Å²) in [5.74, 6) is 0.135. The van der Waals surface area contributed by atoms with Gasteiger partial charge in [-0.3, -0.25) is 4.79 Å². The van der Waals surface area contributed by atoms with Gasteiger partial charge in [0.2, 0.25) is 0 Å². The standard InChI is InChI=1S/C14H14N2OS/c1-10(17)11-2-3-14-12(6-11)4-5-16(14)7-13-8-18-9-15-13/h2-3,6,8-9H,4-5,7H2,1H3. The quantitative estimate of drug-likeness (QED) is 0.794. The molecule has 0 radical (unpaired) electrons. The largest absolute Gasteiger partial charge is 0.365 e. The molecule has 0 saturated heterocycles. The molecule has 0 fully saturated rings. The predicted molar refractivity (Wildman–Crippen MR) is 73.3 cm³/mol. The molecule has 0 amide bonds. The monoisotopic (exact) mass is 258 g/mol. The molecular formula is C14H14N2OS. The third-order valence-corrected chi connectivity index (χ3v) is 3.95. The molecule has 0 bridgehead atoms. The highest BCUT2D eigenvalue weighted by molar-refractivity contribution is 7.07. The molecule has 1 aromatic carbocycles. The van der Waals surface area contributed by atoms with Crippen LogP contribution in [0.3, 0.4) is 0 Å². The Hall–Kier alpha value is -1.68. The summed E-state index contributed by atoms with van der Waals surface area (Å²) >= 11 is 1.63. The van der Waals surface area contributed by atoms with Crippen molar-refractivity contribution in [2.45, 2.75) is 19.9 Å². The molecule has 3 rings (SSSR count). The van der Waals surface area contributed by atoms with Crippen LogP contribution in [0.15, 0.2) is 29.1 Å². The molecule has 0 unspecified atom stereocenters. The number of hydrogen-bond donors (Lipinski definition) is 0. The second-order valence-corrected chi connectivity index (χ2v) is 5.27. The van der Waals surface area contributed by atoms with Gasteiger partial charge in [-0.25, -0.2) is 4.98 Å².